The van der Waals surface area contributed by atoms with Crippen molar-refractivity contribution in [1.82, 2.24) is 0 Å². The lowest BCUT2D eigenvalue weighted by Gasteiger charge is -2.36. The molecule has 2 rings (SSSR count). The highest BCUT2D eigenvalue weighted by atomic mass is 14.3. The minimum atomic E-state index is 0.110. The summed E-state index contributed by atoms with van der Waals surface area (Å²) in [4.78, 5) is 0. The lowest BCUT2D eigenvalue weighted by Crippen LogP contribution is -2.26. The molecule has 0 amide bonds. The van der Waals surface area contributed by atoms with E-state index in [1.54, 1.807) is 0 Å². The molecule has 0 heterocycles. The molecule has 0 aromatic carbocycles. The fourth-order valence-corrected chi connectivity index (χ4v) is 5.42. The second kappa shape index (κ2) is 15.6. The van der Waals surface area contributed by atoms with Crippen LogP contribution in [-0.4, -0.2) is 0 Å². The van der Waals surface area contributed by atoms with Crippen LogP contribution in [0.1, 0.15) is 88.5 Å². The predicted octanol–water partition coefficient (Wildman–Crippen LogP) is 12.2. The fraction of sp³-hybridized carbons (Fsp3) is 0.400. The van der Waals surface area contributed by atoms with Gasteiger partial charge >= 0.3 is 0 Å². The Labute approximate surface area is 247 Å². The molecule has 0 fully saturated rings. The molecule has 1 atom stereocenters. The maximum absolute atomic E-state index is 2.40. The van der Waals surface area contributed by atoms with Gasteiger partial charge in [-0.1, -0.05) is 164 Å². The lowest BCUT2D eigenvalue weighted by atomic mass is 9.68. The van der Waals surface area contributed by atoms with E-state index in [1.807, 2.05) is 0 Å². The Hall–Kier alpha value is -3.12. The van der Waals surface area contributed by atoms with Crippen molar-refractivity contribution in [3.8, 4) is 0 Å². The van der Waals surface area contributed by atoms with Crippen molar-refractivity contribution in [3.63, 3.8) is 0 Å². The molecule has 40 heavy (non-hydrogen) atoms. The van der Waals surface area contributed by atoms with E-state index >= 15 is 0 Å². The molecule has 214 valence electrons. The van der Waals surface area contributed by atoms with Gasteiger partial charge in [0.05, 0.1) is 0 Å². The molecule has 0 bridgehead atoms. The molecule has 0 aromatic heterocycles. The van der Waals surface area contributed by atoms with Crippen LogP contribution in [-0.2, 0) is 0 Å². The predicted molar refractivity (Wildman–Crippen MR) is 181 cm³/mol. The Bertz CT molecular complexity index is 1240. The van der Waals surface area contributed by atoms with Gasteiger partial charge in [0.1, 0.15) is 0 Å². The monoisotopic (exact) mass is 534 g/mol. The third-order valence-corrected chi connectivity index (χ3v) is 8.03. The van der Waals surface area contributed by atoms with Gasteiger partial charge in [0.2, 0.25) is 0 Å². The van der Waals surface area contributed by atoms with Gasteiger partial charge < -0.3 is 0 Å². The normalized spacial score (nSPS) is 23.1. The van der Waals surface area contributed by atoms with Gasteiger partial charge in [-0.3, -0.25) is 0 Å². The van der Waals surface area contributed by atoms with Crippen molar-refractivity contribution in [2.24, 2.45) is 16.7 Å². The second-order valence-electron chi connectivity index (χ2n) is 12.9. The number of hydrogen-bond donors (Lipinski definition) is 0. The quantitative estimate of drug-likeness (QED) is 0.193. The zero-order chi connectivity index (χ0) is 29.8. The van der Waals surface area contributed by atoms with E-state index in [1.165, 1.54) is 51.9 Å². The van der Waals surface area contributed by atoms with Crippen LogP contribution in [0.5, 0.6) is 0 Å². The van der Waals surface area contributed by atoms with Crippen molar-refractivity contribution >= 4 is 0 Å². The van der Waals surface area contributed by atoms with E-state index in [9.17, 15) is 0 Å². The Morgan fingerprint density at radius 1 is 0.725 bits per heavy atom. The van der Waals surface area contributed by atoms with Crippen molar-refractivity contribution < 1.29 is 0 Å². The van der Waals surface area contributed by atoms with Crippen molar-refractivity contribution in [3.05, 3.63) is 142 Å². The molecule has 0 aliphatic heterocycles. The van der Waals surface area contributed by atoms with Gasteiger partial charge in [-0.05, 0) is 71.8 Å². The van der Waals surface area contributed by atoms with Gasteiger partial charge in [-0.2, -0.15) is 0 Å². The fourth-order valence-electron chi connectivity index (χ4n) is 5.42. The first-order valence-corrected chi connectivity index (χ1v) is 14.9. The largest absolute Gasteiger partial charge is 0.0850 e. The van der Waals surface area contributed by atoms with Crippen LogP contribution in [0, 0.1) is 16.7 Å². The van der Waals surface area contributed by atoms with Gasteiger partial charge in [0.25, 0.3) is 0 Å². The third-order valence-electron chi connectivity index (χ3n) is 8.03. The van der Waals surface area contributed by atoms with Crippen molar-refractivity contribution in [2.45, 2.75) is 88.5 Å². The highest BCUT2D eigenvalue weighted by Crippen LogP contribution is 2.41. The SMILES string of the molecule is CC1=CCCC(C)(C)[C@H]1/C=C/C(C)=C/C=C/C(C)=C/C=C/C=C(C)/C=C/C=C(C)/C=C/C1=C(C)CC=CC1(C)C. The van der Waals surface area contributed by atoms with Crippen LogP contribution >= 0.6 is 0 Å². The minimum Gasteiger partial charge on any atom is -0.0850 e. The standard InChI is InChI=1S/C40H54/c1-31(19-13-21-33(3)25-27-37-35(5)23-15-29-39(37,7)8)17-11-12-18-32(2)20-14-22-34(4)26-28-38-36(6)24-16-30-40(38,9)10/h11-15,17-22,24-29,38H,16,23,30H2,1-10H3/b12-11+,19-13+,20-14+,27-25+,28-26+,31-17+,32-18+,33-21+,34-22+/t38-/m0/s1. The van der Waals surface area contributed by atoms with Crippen LogP contribution in [0.2, 0.25) is 0 Å². The zero-order valence-corrected chi connectivity index (χ0v) is 27.0. The molecule has 0 nitrogen and oxygen atoms in total. The highest BCUT2D eigenvalue weighted by molar-refractivity contribution is 5.41. The summed E-state index contributed by atoms with van der Waals surface area (Å²) in [6.07, 6.45) is 41.2. The molecular formula is C40H54. The van der Waals surface area contributed by atoms with E-state index < -0.39 is 0 Å². The molecule has 0 heteroatoms. The molecule has 0 unspecified atom stereocenters. The lowest BCUT2D eigenvalue weighted by molar-refractivity contribution is 0.255. The Morgan fingerprint density at radius 2 is 1.25 bits per heavy atom. The molecular weight excluding hydrogens is 480 g/mol. The number of rotatable bonds is 10. The van der Waals surface area contributed by atoms with Gasteiger partial charge in [0.15, 0.2) is 0 Å². The summed E-state index contributed by atoms with van der Waals surface area (Å²) < 4.78 is 0. The Kier molecular flexibility index (Phi) is 12.9. The Balaban J connectivity index is 1.88. The van der Waals surface area contributed by atoms with E-state index in [-0.39, 0.29) is 5.41 Å². The first-order valence-electron chi connectivity index (χ1n) is 14.9. The summed E-state index contributed by atoms with van der Waals surface area (Å²) in [6, 6.07) is 0. The molecule has 0 saturated heterocycles. The summed E-state index contributed by atoms with van der Waals surface area (Å²) in [6.45, 7) is 22.5. The summed E-state index contributed by atoms with van der Waals surface area (Å²) in [7, 11) is 0. The average Bonchev–Trinajstić information content (AvgIpc) is 2.85. The summed E-state index contributed by atoms with van der Waals surface area (Å²) in [5.74, 6) is 0.530. The van der Waals surface area contributed by atoms with Gasteiger partial charge in [-0.15, -0.1) is 0 Å². The van der Waals surface area contributed by atoms with E-state index in [4.69, 9.17) is 0 Å². The topological polar surface area (TPSA) is 0 Å². The first kappa shape index (κ1) is 33.1. The van der Waals surface area contributed by atoms with Gasteiger partial charge in [0, 0.05) is 11.3 Å². The maximum atomic E-state index is 2.40. The Morgan fingerprint density at radius 3 is 1.80 bits per heavy atom. The first-order chi connectivity index (χ1) is 18.8. The maximum Gasteiger partial charge on any atom is 0.00749 e. The summed E-state index contributed by atoms with van der Waals surface area (Å²) in [5.41, 5.74) is 9.83. The van der Waals surface area contributed by atoms with Crippen molar-refractivity contribution in [2.75, 3.05) is 0 Å². The van der Waals surface area contributed by atoms with Crippen LogP contribution in [0.15, 0.2) is 142 Å². The number of allylic oxidation sites excluding steroid dienone is 24. The molecule has 2 aliphatic rings. The van der Waals surface area contributed by atoms with Crippen LogP contribution in [0.4, 0.5) is 0 Å². The van der Waals surface area contributed by atoms with E-state index in [2.05, 4.69) is 173 Å². The molecule has 0 saturated carbocycles. The highest BCUT2D eigenvalue weighted by Gasteiger charge is 2.30. The van der Waals surface area contributed by atoms with Crippen LogP contribution in [0.3, 0.4) is 0 Å². The molecule has 0 N–H and O–H groups in total. The smallest absolute Gasteiger partial charge is 0.00749 e. The van der Waals surface area contributed by atoms with E-state index in [0.717, 1.165) is 6.42 Å². The molecule has 2 aliphatic carbocycles. The third kappa shape index (κ3) is 11.2. The molecule has 0 spiro atoms. The number of hydrogen-bond acceptors (Lipinski definition) is 0. The van der Waals surface area contributed by atoms with Gasteiger partial charge in [-0.25, -0.2) is 0 Å². The molecule has 0 aromatic rings. The average molecular weight is 535 g/mol. The van der Waals surface area contributed by atoms with Crippen LogP contribution in [0.25, 0.3) is 0 Å². The molecule has 0 radical (unpaired) electrons. The van der Waals surface area contributed by atoms with Crippen LogP contribution < -0.4 is 0 Å². The van der Waals surface area contributed by atoms with Crippen molar-refractivity contribution in [1.29, 1.82) is 0 Å². The summed E-state index contributed by atoms with van der Waals surface area (Å²) >= 11 is 0. The zero-order valence-electron chi connectivity index (χ0n) is 27.0. The minimum absolute atomic E-state index is 0.110. The van der Waals surface area contributed by atoms with E-state index in [0.29, 0.717) is 11.3 Å². The second-order valence-corrected chi connectivity index (χ2v) is 12.9. The summed E-state index contributed by atoms with van der Waals surface area (Å²) in [5, 5.41) is 0.